The third kappa shape index (κ3) is 5.56. The molecule has 0 unspecified atom stereocenters. The van der Waals surface area contributed by atoms with Crippen molar-refractivity contribution in [3.63, 3.8) is 0 Å². The molecule has 2 aromatic carbocycles. The predicted molar refractivity (Wildman–Crippen MR) is 97.9 cm³/mol. The average molecular weight is 343 g/mol. The van der Waals surface area contributed by atoms with Gasteiger partial charge in [-0.15, -0.1) is 0 Å². The van der Waals surface area contributed by atoms with E-state index >= 15 is 0 Å². The number of rotatable bonds is 5. The monoisotopic (exact) mass is 342 g/mol. The molecular weight excluding hydrogens is 324 g/mol. The van der Waals surface area contributed by atoms with Crippen molar-refractivity contribution in [3.05, 3.63) is 70.8 Å². The van der Waals surface area contributed by atoms with Gasteiger partial charge in [0.05, 0.1) is 6.54 Å². The summed E-state index contributed by atoms with van der Waals surface area (Å²) in [6.07, 6.45) is 3.12. The molecule has 0 atom stereocenters. The molecule has 5 heteroatoms. The number of aryl methyl sites for hydroxylation is 1. The zero-order valence-corrected chi connectivity index (χ0v) is 14.4. The molecule has 24 heavy (non-hydrogen) atoms. The zero-order chi connectivity index (χ0) is 17.5. The van der Waals surface area contributed by atoms with E-state index in [4.69, 9.17) is 11.6 Å². The van der Waals surface area contributed by atoms with Gasteiger partial charge in [0.15, 0.2) is 0 Å². The first-order valence-electron chi connectivity index (χ1n) is 7.49. The Balaban J connectivity index is 1.87. The van der Waals surface area contributed by atoms with Gasteiger partial charge in [-0.1, -0.05) is 41.4 Å². The number of nitrogens with one attached hydrogen (secondary N) is 1. The van der Waals surface area contributed by atoms with Crippen LogP contribution in [0.15, 0.2) is 54.6 Å². The van der Waals surface area contributed by atoms with Crippen LogP contribution in [0.25, 0.3) is 6.08 Å². The lowest BCUT2D eigenvalue weighted by Crippen LogP contribution is -2.33. The first kappa shape index (κ1) is 17.8. The molecule has 0 saturated carbocycles. The Labute approximate surface area is 146 Å². The smallest absolute Gasteiger partial charge is 0.246 e. The van der Waals surface area contributed by atoms with Crippen LogP contribution >= 0.6 is 11.6 Å². The molecule has 0 aliphatic carbocycles. The van der Waals surface area contributed by atoms with Gasteiger partial charge < -0.3 is 10.2 Å². The fourth-order valence-electron chi connectivity index (χ4n) is 2.00. The van der Waals surface area contributed by atoms with E-state index in [1.807, 2.05) is 43.3 Å². The maximum Gasteiger partial charge on any atom is 0.246 e. The number of anilines is 1. The predicted octanol–water partition coefficient (Wildman–Crippen LogP) is 3.76. The molecule has 0 fully saturated rings. The van der Waals surface area contributed by atoms with Crippen LogP contribution in [-0.4, -0.2) is 30.3 Å². The van der Waals surface area contributed by atoms with Crippen LogP contribution in [0.3, 0.4) is 0 Å². The molecular formula is C19H19ClN2O2. The van der Waals surface area contributed by atoms with E-state index in [9.17, 15) is 9.59 Å². The maximum absolute atomic E-state index is 12.0. The topological polar surface area (TPSA) is 49.4 Å². The molecule has 4 nitrogen and oxygen atoms in total. The van der Waals surface area contributed by atoms with Crippen molar-refractivity contribution >= 4 is 35.2 Å². The molecule has 0 heterocycles. The standard InChI is InChI=1S/C19H19ClN2O2/c1-14-3-10-17(11-4-14)21-18(23)13-22(2)19(24)12-7-15-5-8-16(20)9-6-15/h3-12H,13H2,1-2H3,(H,21,23)/b12-7+. The van der Waals surface area contributed by atoms with Gasteiger partial charge in [-0.05, 0) is 42.8 Å². The number of halogens is 1. The largest absolute Gasteiger partial charge is 0.333 e. The molecule has 0 aliphatic rings. The number of nitrogens with zero attached hydrogens (tertiary/aromatic N) is 1. The van der Waals surface area contributed by atoms with Crippen molar-refractivity contribution in [3.8, 4) is 0 Å². The van der Waals surface area contributed by atoms with Crippen LogP contribution in [0.4, 0.5) is 5.69 Å². The Morgan fingerprint density at radius 2 is 1.71 bits per heavy atom. The SMILES string of the molecule is Cc1ccc(NC(=O)CN(C)C(=O)/C=C/c2ccc(Cl)cc2)cc1. The van der Waals surface area contributed by atoms with Gasteiger partial charge in [0, 0.05) is 23.8 Å². The third-order valence-corrected chi connectivity index (χ3v) is 3.63. The molecule has 1 N–H and O–H groups in total. The van der Waals surface area contributed by atoms with E-state index in [1.165, 1.54) is 11.0 Å². The molecule has 0 spiro atoms. The first-order valence-corrected chi connectivity index (χ1v) is 7.87. The normalized spacial score (nSPS) is 10.6. The minimum absolute atomic E-state index is 0.0162. The van der Waals surface area contributed by atoms with Crippen molar-refractivity contribution in [2.75, 3.05) is 18.9 Å². The fourth-order valence-corrected chi connectivity index (χ4v) is 2.13. The van der Waals surface area contributed by atoms with E-state index in [0.29, 0.717) is 10.7 Å². The van der Waals surface area contributed by atoms with E-state index < -0.39 is 0 Å². The van der Waals surface area contributed by atoms with Crippen LogP contribution in [-0.2, 0) is 9.59 Å². The fraction of sp³-hybridized carbons (Fsp3) is 0.158. The molecule has 0 bridgehead atoms. The molecule has 0 aromatic heterocycles. The molecule has 0 radical (unpaired) electrons. The van der Waals surface area contributed by atoms with E-state index in [-0.39, 0.29) is 18.4 Å². The van der Waals surface area contributed by atoms with Crippen molar-refractivity contribution in [1.29, 1.82) is 0 Å². The lowest BCUT2D eigenvalue weighted by atomic mass is 10.2. The Bertz CT molecular complexity index is 737. The van der Waals surface area contributed by atoms with Gasteiger partial charge in [0.2, 0.25) is 11.8 Å². The van der Waals surface area contributed by atoms with Crippen LogP contribution < -0.4 is 5.32 Å². The summed E-state index contributed by atoms with van der Waals surface area (Å²) < 4.78 is 0. The van der Waals surface area contributed by atoms with E-state index in [0.717, 1.165) is 11.1 Å². The Hall–Kier alpha value is -2.59. The number of hydrogen-bond acceptors (Lipinski definition) is 2. The maximum atomic E-state index is 12.0. The summed E-state index contributed by atoms with van der Waals surface area (Å²) in [6, 6.07) is 14.6. The lowest BCUT2D eigenvalue weighted by molar-refractivity contribution is -0.129. The van der Waals surface area contributed by atoms with E-state index in [1.54, 1.807) is 25.3 Å². The summed E-state index contributed by atoms with van der Waals surface area (Å²) in [5.74, 6) is -0.487. The second-order valence-electron chi connectivity index (χ2n) is 5.49. The van der Waals surface area contributed by atoms with Gasteiger partial charge in [-0.2, -0.15) is 0 Å². The van der Waals surface area contributed by atoms with Crippen LogP contribution in [0, 0.1) is 6.92 Å². The van der Waals surface area contributed by atoms with Crippen molar-refractivity contribution in [2.24, 2.45) is 0 Å². The first-order chi connectivity index (χ1) is 11.4. The quantitative estimate of drug-likeness (QED) is 0.841. The number of benzene rings is 2. The van der Waals surface area contributed by atoms with Crippen LogP contribution in [0.2, 0.25) is 5.02 Å². The van der Waals surface area contributed by atoms with Crippen molar-refractivity contribution in [1.82, 2.24) is 4.90 Å². The molecule has 124 valence electrons. The minimum Gasteiger partial charge on any atom is -0.333 e. The highest BCUT2D eigenvalue weighted by atomic mass is 35.5. The lowest BCUT2D eigenvalue weighted by Gasteiger charge is -2.15. The summed E-state index contributed by atoms with van der Waals surface area (Å²) in [7, 11) is 1.59. The highest BCUT2D eigenvalue weighted by Crippen LogP contribution is 2.11. The summed E-state index contributed by atoms with van der Waals surface area (Å²) in [4.78, 5) is 25.4. The van der Waals surface area contributed by atoms with Gasteiger partial charge in [-0.25, -0.2) is 0 Å². The molecule has 0 aliphatic heterocycles. The van der Waals surface area contributed by atoms with Crippen LogP contribution in [0.5, 0.6) is 0 Å². The molecule has 2 aromatic rings. The molecule has 2 amide bonds. The van der Waals surface area contributed by atoms with Gasteiger partial charge in [0.25, 0.3) is 0 Å². The minimum atomic E-state index is -0.246. The summed E-state index contributed by atoms with van der Waals surface area (Å²) in [5.41, 5.74) is 2.70. The van der Waals surface area contributed by atoms with E-state index in [2.05, 4.69) is 5.32 Å². The highest BCUT2D eigenvalue weighted by molar-refractivity contribution is 6.30. The van der Waals surface area contributed by atoms with Crippen molar-refractivity contribution < 1.29 is 9.59 Å². The average Bonchev–Trinajstić information content (AvgIpc) is 2.56. The van der Waals surface area contributed by atoms with Gasteiger partial charge in [0.1, 0.15) is 0 Å². The summed E-state index contributed by atoms with van der Waals surface area (Å²) >= 11 is 5.81. The van der Waals surface area contributed by atoms with Gasteiger partial charge in [-0.3, -0.25) is 9.59 Å². The van der Waals surface area contributed by atoms with Gasteiger partial charge >= 0.3 is 0 Å². The summed E-state index contributed by atoms with van der Waals surface area (Å²) in [6.45, 7) is 1.96. The zero-order valence-electron chi connectivity index (χ0n) is 13.6. The second-order valence-corrected chi connectivity index (χ2v) is 5.93. The number of amides is 2. The third-order valence-electron chi connectivity index (χ3n) is 3.38. The Kier molecular flexibility index (Phi) is 6.15. The second kappa shape index (κ2) is 8.31. The number of carbonyl (C=O) groups is 2. The Morgan fingerprint density at radius 3 is 2.33 bits per heavy atom. The highest BCUT2D eigenvalue weighted by Gasteiger charge is 2.10. The number of hydrogen-bond donors (Lipinski definition) is 1. The molecule has 0 saturated heterocycles. The molecule has 2 rings (SSSR count). The summed E-state index contributed by atoms with van der Waals surface area (Å²) in [5, 5.41) is 3.41. The van der Waals surface area contributed by atoms with Crippen molar-refractivity contribution in [2.45, 2.75) is 6.92 Å². The van der Waals surface area contributed by atoms with Crippen LogP contribution in [0.1, 0.15) is 11.1 Å². The number of likely N-dealkylation sites (N-methyl/N-ethyl adjacent to an activating group) is 1. The Morgan fingerprint density at radius 1 is 1.08 bits per heavy atom. The number of carbonyl (C=O) groups excluding carboxylic acids is 2.